The van der Waals surface area contributed by atoms with Gasteiger partial charge in [-0.15, -0.1) is 0 Å². The normalized spacial score (nSPS) is 19.9. The molecule has 146 valence electrons. The predicted molar refractivity (Wildman–Crippen MR) is 106 cm³/mol. The van der Waals surface area contributed by atoms with E-state index in [0.29, 0.717) is 13.0 Å². The Kier molecular flexibility index (Phi) is 4.61. The molecule has 1 fully saturated rings. The number of hydrogen-bond donors (Lipinski definition) is 1. The summed E-state index contributed by atoms with van der Waals surface area (Å²) in [4.78, 5) is 25.6. The Hall–Kier alpha value is -2.82. The number of fused-ring (bicyclic) bond motifs is 3. The lowest BCUT2D eigenvalue weighted by atomic mass is 9.90. The van der Waals surface area contributed by atoms with Crippen molar-refractivity contribution in [3.05, 3.63) is 59.7 Å². The van der Waals surface area contributed by atoms with Crippen LogP contribution < -0.4 is 0 Å². The minimum Gasteiger partial charge on any atom is -0.481 e. The minimum absolute atomic E-state index is 0.00453. The number of likely N-dealkylation sites (tertiary alicyclic amines) is 1. The predicted octanol–water partition coefficient (Wildman–Crippen LogP) is 4.51. The Labute approximate surface area is 164 Å². The zero-order valence-corrected chi connectivity index (χ0v) is 16.2. The standard InChI is InChI=1S/C23H25NO4/c1-23(2)12-15(11-21(25)26)24(14-23)22(27)28-13-20-18-9-5-3-7-16(18)17-8-4-6-10-19(17)20/h3-10,15,20H,11-14H2,1-2H3,(H,25,26). The van der Waals surface area contributed by atoms with E-state index >= 15 is 0 Å². The summed E-state index contributed by atoms with van der Waals surface area (Å²) < 4.78 is 5.72. The molecule has 5 heteroatoms. The first-order valence-electron chi connectivity index (χ1n) is 9.69. The van der Waals surface area contributed by atoms with E-state index in [4.69, 9.17) is 4.74 Å². The maximum atomic E-state index is 12.8. The first-order chi connectivity index (χ1) is 13.4. The highest BCUT2D eigenvalue weighted by atomic mass is 16.6. The topological polar surface area (TPSA) is 66.8 Å². The summed E-state index contributed by atoms with van der Waals surface area (Å²) in [7, 11) is 0. The van der Waals surface area contributed by atoms with Gasteiger partial charge in [0.1, 0.15) is 6.61 Å². The quantitative estimate of drug-likeness (QED) is 0.849. The highest BCUT2D eigenvalue weighted by Crippen LogP contribution is 2.44. The van der Waals surface area contributed by atoms with Gasteiger partial charge in [0.25, 0.3) is 0 Å². The number of amides is 1. The van der Waals surface area contributed by atoms with Crippen LogP contribution in [0.3, 0.4) is 0 Å². The number of aliphatic carboxylic acids is 1. The van der Waals surface area contributed by atoms with Crippen molar-refractivity contribution in [2.75, 3.05) is 13.2 Å². The molecule has 0 radical (unpaired) electrons. The lowest BCUT2D eigenvalue weighted by molar-refractivity contribution is -0.138. The Morgan fingerprint density at radius 1 is 1.07 bits per heavy atom. The van der Waals surface area contributed by atoms with Gasteiger partial charge in [0.15, 0.2) is 0 Å². The second kappa shape index (κ2) is 6.97. The maximum absolute atomic E-state index is 12.8. The van der Waals surface area contributed by atoms with E-state index in [-0.39, 0.29) is 30.4 Å². The van der Waals surface area contributed by atoms with Crippen LogP contribution in [0, 0.1) is 5.41 Å². The Bertz CT molecular complexity index is 875. The number of carboxylic acid groups (broad SMARTS) is 1. The van der Waals surface area contributed by atoms with Gasteiger partial charge in [-0.3, -0.25) is 4.79 Å². The molecule has 2 aliphatic rings. The molecular weight excluding hydrogens is 354 g/mol. The van der Waals surface area contributed by atoms with E-state index in [1.165, 1.54) is 22.3 Å². The highest BCUT2D eigenvalue weighted by Gasteiger charge is 2.42. The molecule has 1 heterocycles. The van der Waals surface area contributed by atoms with Crippen molar-refractivity contribution in [2.24, 2.45) is 5.41 Å². The molecule has 1 aliphatic carbocycles. The first-order valence-corrected chi connectivity index (χ1v) is 9.69. The van der Waals surface area contributed by atoms with Gasteiger partial charge < -0.3 is 14.7 Å². The van der Waals surface area contributed by atoms with E-state index in [0.717, 1.165) is 0 Å². The van der Waals surface area contributed by atoms with Gasteiger partial charge in [-0.05, 0) is 34.1 Å². The molecule has 28 heavy (non-hydrogen) atoms. The highest BCUT2D eigenvalue weighted by molar-refractivity contribution is 5.79. The van der Waals surface area contributed by atoms with Gasteiger partial charge in [-0.1, -0.05) is 62.4 Å². The summed E-state index contributed by atoms with van der Waals surface area (Å²) in [6.45, 7) is 4.88. The van der Waals surface area contributed by atoms with Crippen LogP contribution in [-0.2, 0) is 9.53 Å². The molecule has 1 unspecified atom stereocenters. The Balaban J connectivity index is 1.51. The van der Waals surface area contributed by atoms with E-state index in [1.54, 1.807) is 4.90 Å². The van der Waals surface area contributed by atoms with Crippen molar-refractivity contribution in [2.45, 2.75) is 38.6 Å². The van der Waals surface area contributed by atoms with Crippen molar-refractivity contribution in [3.63, 3.8) is 0 Å². The van der Waals surface area contributed by atoms with E-state index in [1.807, 2.05) is 24.3 Å². The summed E-state index contributed by atoms with van der Waals surface area (Å²) in [5.74, 6) is -0.885. The van der Waals surface area contributed by atoms with E-state index in [9.17, 15) is 14.7 Å². The Morgan fingerprint density at radius 3 is 2.21 bits per heavy atom. The molecule has 0 spiro atoms. The summed E-state index contributed by atoms with van der Waals surface area (Å²) in [6, 6.07) is 16.1. The third-order valence-electron chi connectivity index (χ3n) is 5.81. The molecule has 4 rings (SSSR count). The molecule has 1 atom stereocenters. The maximum Gasteiger partial charge on any atom is 0.410 e. The number of carboxylic acids is 1. The van der Waals surface area contributed by atoms with E-state index < -0.39 is 12.1 Å². The summed E-state index contributed by atoms with van der Waals surface area (Å²) in [5.41, 5.74) is 4.60. The fourth-order valence-electron chi connectivity index (χ4n) is 4.68. The second-order valence-corrected chi connectivity index (χ2v) is 8.55. The van der Waals surface area contributed by atoms with Gasteiger partial charge in [0, 0.05) is 18.5 Å². The van der Waals surface area contributed by atoms with Crippen molar-refractivity contribution in [3.8, 4) is 11.1 Å². The SMILES string of the molecule is CC1(C)CC(CC(=O)O)N(C(=O)OCC2c3ccccc3-c3ccccc32)C1. The van der Waals surface area contributed by atoms with Crippen molar-refractivity contribution in [1.82, 2.24) is 4.90 Å². The number of benzene rings is 2. The van der Waals surface area contributed by atoms with E-state index in [2.05, 4.69) is 38.1 Å². The van der Waals surface area contributed by atoms with Crippen LogP contribution in [0.2, 0.25) is 0 Å². The van der Waals surface area contributed by atoms with Crippen LogP contribution in [-0.4, -0.2) is 41.3 Å². The van der Waals surface area contributed by atoms with Crippen LogP contribution >= 0.6 is 0 Å². The smallest absolute Gasteiger partial charge is 0.410 e. The average molecular weight is 379 g/mol. The fourth-order valence-corrected chi connectivity index (χ4v) is 4.68. The van der Waals surface area contributed by atoms with Crippen molar-refractivity contribution in [1.29, 1.82) is 0 Å². The van der Waals surface area contributed by atoms with Gasteiger partial charge in [-0.2, -0.15) is 0 Å². The number of carbonyl (C=O) groups excluding carboxylic acids is 1. The van der Waals surface area contributed by atoms with Crippen LogP contribution in [0.1, 0.15) is 43.7 Å². The minimum atomic E-state index is -0.890. The Morgan fingerprint density at radius 2 is 1.64 bits per heavy atom. The van der Waals surface area contributed by atoms with Crippen LogP contribution in [0.25, 0.3) is 11.1 Å². The molecule has 0 bridgehead atoms. The van der Waals surface area contributed by atoms with Crippen LogP contribution in [0.4, 0.5) is 4.79 Å². The summed E-state index contributed by atoms with van der Waals surface area (Å²) >= 11 is 0. The lowest BCUT2D eigenvalue weighted by Gasteiger charge is -2.24. The van der Waals surface area contributed by atoms with Gasteiger partial charge in [0.2, 0.25) is 0 Å². The third kappa shape index (κ3) is 3.37. The molecule has 2 aromatic rings. The first kappa shape index (κ1) is 18.5. The zero-order chi connectivity index (χ0) is 19.9. The molecule has 1 amide bonds. The van der Waals surface area contributed by atoms with Crippen molar-refractivity contribution >= 4 is 12.1 Å². The number of nitrogens with zero attached hydrogens (tertiary/aromatic N) is 1. The van der Waals surface area contributed by atoms with Gasteiger partial charge in [0.05, 0.1) is 6.42 Å². The summed E-state index contributed by atoms with van der Waals surface area (Å²) in [5, 5.41) is 9.19. The van der Waals surface area contributed by atoms with Gasteiger partial charge in [-0.25, -0.2) is 4.79 Å². The number of carbonyl (C=O) groups is 2. The second-order valence-electron chi connectivity index (χ2n) is 8.55. The van der Waals surface area contributed by atoms with Crippen LogP contribution in [0.15, 0.2) is 48.5 Å². The zero-order valence-electron chi connectivity index (χ0n) is 16.2. The average Bonchev–Trinajstić information content (AvgIpc) is 3.13. The molecule has 5 nitrogen and oxygen atoms in total. The molecule has 0 saturated carbocycles. The number of ether oxygens (including phenoxy) is 1. The number of hydrogen-bond acceptors (Lipinski definition) is 3. The third-order valence-corrected chi connectivity index (χ3v) is 5.81. The van der Waals surface area contributed by atoms with Crippen LogP contribution in [0.5, 0.6) is 0 Å². The summed E-state index contributed by atoms with van der Waals surface area (Å²) in [6.07, 6.45) is 0.204. The molecule has 1 aliphatic heterocycles. The van der Waals surface area contributed by atoms with Crippen molar-refractivity contribution < 1.29 is 19.4 Å². The monoisotopic (exact) mass is 379 g/mol. The molecule has 0 aromatic heterocycles. The van der Waals surface area contributed by atoms with Gasteiger partial charge >= 0.3 is 12.1 Å². The number of rotatable bonds is 4. The fraction of sp³-hybridized carbons (Fsp3) is 0.391. The molecular formula is C23H25NO4. The molecule has 1 N–H and O–H groups in total. The molecule has 1 saturated heterocycles. The lowest BCUT2D eigenvalue weighted by Crippen LogP contribution is -2.38. The largest absolute Gasteiger partial charge is 0.481 e. The molecule has 2 aromatic carbocycles.